The molecule has 2 aliphatic rings. The Morgan fingerprint density at radius 2 is 1.81 bits per heavy atom. The van der Waals surface area contributed by atoms with Crippen molar-refractivity contribution in [2.24, 2.45) is 5.92 Å². The normalized spacial score (nSPS) is 21.7. The molecule has 0 bridgehead atoms. The maximum atomic E-state index is 13.1. The zero-order chi connectivity index (χ0) is 21.4. The number of aromatic amines is 1. The molecule has 2 atom stereocenters. The molecule has 3 aromatic rings. The molecule has 2 heterocycles. The molecule has 162 valence electrons. The number of benzene rings is 2. The van der Waals surface area contributed by atoms with Crippen LogP contribution < -0.4 is 5.32 Å². The molecule has 1 aromatic heterocycles. The summed E-state index contributed by atoms with van der Waals surface area (Å²) in [4.78, 5) is 3.26. The molecule has 2 aromatic carbocycles. The van der Waals surface area contributed by atoms with Crippen LogP contribution in [0, 0.1) is 5.92 Å². The van der Waals surface area contributed by atoms with E-state index in [2.05, 4.69) is 46.7 Å². The van der Waals surface area contributed by atoms with Gasteiger partial charge in [0.1, 0.15) is 0 Å². The highest BCUT2D eigenvalue weighted by atomic mass is 19.4. The summed E-state index contributed by atoms with van der Waals surface area (Å²) in [6, 6.07) is 15.2. The lowest BCUT2D eigenvalue weighted by Gasteiger charge is -2.28. The van der Waals surface area contributed by atoms with E-state index in [0.717, 1.165) is 56.1 Å². The van der Waals surface area contributed by atoms with Crippen LogP contribution in [0.15, 0.2) is 54.6 Å². The van der Waals surface area contributed by atoms with E-state index < -0.39 is 11.7 Å². The standard InChI is InChI=1S/C26H27F3N2/c27-26(28,29)20-8-10-22-23-14-17(7-11-24(23)31-25(22)16-20)6-9-21-15-19(12-13-30-21)18-4-2-1-3-5-18/h1-5,8,10,12,16-17,21,30-31H,6-7,9,11,13-15H2. The molecule has 2 N–H and O–H groups in total. The van der Waals surface area contributed by atoms with Crippen LogP contribution in [0.5, 0.6) is 0 Å². The maximum Gasteiger partial charge on any atom is 0.416 e. The second-order valence-electron chi connectivity index (χ2n) is 8.93. The van der Waals surface area contributed by atoms with Crippen LogP contribution >= 0.6 is 0 Å². The zero-order valence-corrected chi connectivity index (χ0v) is 17.4. The number of nitrogens with one attached hydrogen (secondary N) is 2. The van der Waals surface area contributed by atoms with Crippen LogP contribution in [-0.4, -0.2) is 17.6 Å². The van der Waals surface area contributed by atoms with E-state index in [0.29, 0.717) is 17.5 Å². The van der Waals surface area contributed by atoms with Crippen molar-refractivity contribution in [3.05, 3.63) is 77.0 Å². The van der Waals surface area contributed by atoms with Crippen molar-refractivity contribution in [3.63, 3.8) is 0 Å². The van der Waals surface area contributed by atoms with Gasteiger partial charge >= 0.3 is 6.18 Å². The second-order valence-corrected chi connectivity index (χ2v) is 8.93. The molecule has 2 unspecified atom stereocenters. The number of alkyl halides is 3. The first-order chi connectivity index (χ1) is 15.0. The summed E-state index contributed by atoms with van der Waals surface area (Å²) < 4.78 is 39.2. The first-order valence-corrected chi connectivity index (χ1v) is 11.2. The Balaban J connectivity index is 1.24. The number of hydrogen-bond acceptors (Lipinski definition) is 1. The van der Waals surface area contributed by atoms with Gasteiger partial charge in [-0.1, -0.05) is 42.5 Å². The van der Waals surface area contributed by atoms with Crippen molar-refractivity contribution >= 4 is 16.5 Å². The summed E-state index contributed by atoms with van der Waals surface area (Å²) in [6.07, 6.45) is 4.28. The molecule has 5 heteroatoms. The number of fused-ring (bicyclic) bond motifs is 3. The largest absolute Gasteiger partial charge is 0.416 e. The fourth-order valence-electron chi connectivity index (χ4n) is 5.22. The van der Waals surface area contributed by atoms with Gasteiger partial charge < -0.3 is 10.3 Å². The number of aromatic nitrogens is 1. The van der Waals surface area contributed by atoms with Gasteiger partial charge in [-0.05, 0) is 73.3 Å². The SMILES string of the molecule is FC(F)(F)c1ccc2c3c([nH]c2c1)CCC(CCC1CC(c2ccccc2)=CCN1)C3. The first-order valence-electron chi connectivity index (χ1n) is 11.2. The molecule has 0 saturated carbocycles. The van der Waals surface area contributed by atoms with Crippen molar-refractivity contribution in [1.82, 2.24) is 10.3 Å². The molecule has 31 heavy (non-hydrogen) atoms. The lowest BCUT2D eigenvalue weighted by molar-refractivity contribution is -0.137. The molecule has 0 amide bonds. The van der Waals surface area contributed by atoms with E-state index in [4.69, 9.17) is 0 Å². The molecule has 0 spiro atoms. The van der Waals surface area contributed by atoms with E-state index >= 15 is 0 Å². The Morgan fingerprint density at radius 1 is 0.968 bits per heavy atom. The maximum absolute atomic E-state index is 13.1. The highest BCUT2D eigenvalue weighted by Crippen LogP contribution is 2.37. The zero-order valence-electron chi connectivity index (χ0n) is 17.4. The Morgan fingerprint density at radius 3 is 2.61 bits per heavy atom. The number of hydrogen-bond donors (Lipinski definition) is 2. The summed E-state index contributed by atoms with van der Waals surface area (Å²) in [6.45, 7) is 0.910. The minimum atomic E-state index is -4.30. The Bertz CT molecular complexity index is 1100. The van der Waals surface area contributed by atoms with Gasteiger partial charge in [-0.3, -0.25) is 0 Å². The van der Waals surface area contributed by atoms with E-state index in [1.165, 1.54) is 28.8 Å². The molecule has 5 rings (SSSR count). The topological polar surface area (TPSA) is 27.8 Å². The van der Waals surface area contributed by atoms with Crippen molar-refractivity contribution < 1.29 is 13.2 Å². The lowest BCUT2D eigenvalue weighted by atomic mass is 9.82. The molecule has 1 aliphatic carbocycles. The van der Waals surface area contributed by atoms with Gasteiger partial charge in [0.15, 0.2) is 0 Å². The van der Waals surface area contributed by atoms with Gasteiger partial charge in [0.25, 0.3) is 0 Å². The van der Waals surface area contributed by atoms with Crippen LogP contribution in [0.2, 0.25) is 0 Å². The lowest BCUT2D eigenvalue weighted by Crippen LogP contribution is -2.33. The second kappa shape index (κ2) is 8.19. The molecule has 1 aliphatic heterocycles. The number of rotatable bonds is 4. The third-order valence-electron chi connectivity index (χ3n) is 6.91. The Labute approximate surface area is 180 Å². The average Bonchev–Trinajstić information content (AvgIpc) is 3.15. The van der Waals surface area contributed by atoms with Crippen LogP contribution in [0.3, 0.4) is 0 Å². The highest BCUT2D eigenvalue weighted by molar-refractivity contribution is 5.85. The van der Waals surface area contributed by atoms with Crippen molar-refractivity contribution in [2.75, 3.05) is 6.54 Å². The predicted molar refractivity (Wildman–Crippen MR) is 119 cm³/mol. The molecule has 0 saturated heterocycles. The van der Waals surface area contributed by atoms with Gasteiger partial charge in [-0.15, -0.1) is 0 Å². The Kier molecular flexibility index (Phi) is 5.39. The summed E-state index contributed by atoms with van der Waals surface area (Å²) >= 11 is 0. The molecule has 0 fully saturated rings. The average molecular weight is 425 g/mol. The fourth-order valence-corrected chi connectivity index (χ4v) is 5.22. The smallest absolute Gasteiger partial charge is 0.358 e. The van der Waals surface area contributed by atoms with Crippen LogP contribution in [0.4, 0.5) is 13.2 Å². The van der Waals surface area contributed by atoms with Gasteiger partial charge in [-0.2, -0.15) is 13.2 Å². The fraction of sp³-hybridized carbons (Fsp3) is 0.385. The van der Waals surface area contributed by atoms with Crippen LogP contribution in [0.25, 0.3) is 16.5 Å². The number of H-pyrrole nitrogens is 1. The summed E-state index contributed by atoms with van der Waals surface area (Å²) in [5.74, 6) is 0.585. The van der Waals surface area contributed by atoms with Crippen molar-refractivity contribution in [1.29, 1.82) is 0 Å². The van der Waals surface area contributed by atoms with Crippen LogP contribution in [-0.2, 0) is 19.0 Å². The molecule has 0 radical (unpaired) electrons. The van der Waals surface area contributed by atoms with Gasteiger partial charge in [-0.25, -0.2) is 0 Å². The summed E-state index contributed by atoms with van der Waals surface area (Å²) in [5, 5.41) is 4.59. The molecule has 2 nitrogen and oxygen atoms in total. The third-order valence-corrected chi connectivity index (χ3v) is 6.91. The molecular formula is C26H27F3N2. The minimum absolute atomic E-state index is 0.485. The first kappa shape index (κ1) is 20.4. The quantitative estimate of drug-likeness (QED) is 0.490. The monoisotopic (exact) mass is 424 g/mol. The van der Waals surface area contributed by atoms with Gasteiger partial charge in [0.05, 0.1) is 5.56 Å². The van der Waals surface area contributed by atoms with Gasteiger partial charge in [0, 0.05) is 29.2 Å². The van der Waals surface area contributed by atoms with Crippen molar-refractivity contribution in [2.45, 2.75) is 50.7 Å². The predicted octanol–water partition coefficient (Wildman–Crippen LogP) is 6.52. The summed E-state index contributed by atoms with van der Waals surface area (Å²) in [7, 11) is 0. The summed E-state index contributed by atoms with van der Waals surface area (Å²) in [5.41, 5.74) is 5.12. The van der Waals surface area contributed by atoms with E-state index in [1.807, 2.05) is 0 Å². The highest BCUT2D eigenvalue weighted by Gasteiger charge is 2.31. The Hall–Kier alpha value is -2.53. The van der Waals surface area contributed by atoms with Crippen molar-refractivity contribution in [3.8, 4) is 0 Å². The minimum Gasteiger partial charge on any atom is -0.358 e. The molecular weight excluding hydrogens is 397 g/mol. The van der Waals surface area contributed by atoms with Crippen LogP contribution in [0.1, 0.15) is 48.1 Å². The van der Waals surface area contributed by atoms with Gasteiger partial charge in [0.2, 0.25) is 0 Å². The third kappa shape index (κ3) is 4.29. The van der Waals surface area contributed by atoms with E-state index in [9.17, 15) is 13.2 Å². The van der Waals surface area contributed by atoms with E-state index in [1.54, 1.807) is 6.07 Å². The van der Waals surface area contributed by atoms with E-state index in [-0.39, 0.29) is 0 Å². The number of halogens is 3. The number of aryl methyl sites for hydroxylation is 1.